The summed E-state index contributed by atoms with van der Waals surface area (Å²) in [6, 6.07) is 11.6. The van der Waals surface area contributed by atoms with Crippen LogP contribution in [0.3, 0.4) is 0 Å². The molecule has 0 aliphatic carbocycles. The molecule has 3 heteroatoms. The van der Waals surface area contributed by atoms with Gasteiger partial charge in [-0.05, 0) is 43.7 Å². The van der Waals surface area contributed by atoms with Gasteiger partial charge >= 0.3 is 0 Å². The Morgan fingerprint density at radius 1 is 1.11 bits per heavy atom. The standard InChI is InChI=1S/C15H15FO2/c1-10-9-12(16)7-8-14(10)18-15-6-4-3-5-13(15)11(2)17/h3-9,11,17H,1-2H3. The highest BCUT2D eigenvalue weighted by molar-refractivity contribution is 5.41. The molecule has 1 atom stereocenters. The second-order valence-electron chi connectivity index (χ2n) is 4.23. The predicted octanol–water partition coefficient (Wildman–Crippen LogP) is 3.98. The Balaban J connectivity index is 2.34. The van der Waals surface area contributed by atoms with Crippen LogP contribution in [-0.2, 0) is 0 Å². The van der Waals surface area contributed by atoms with Gasteiger partial charge in [-0.1, -0.05) is 18.2 Å². The van der Waals surface area contributed by atoms with E-state index in [1.54, 1.807) is 32.0 Å². The molecule has 1 N–H and O–H groups in total. The number of hydrogen-bond acceptors (Lipinski definition) is 2. The minimum absolute atomic E-state index is 0.288. The minimum Gasteiger partial charge on any atom is -0.457 e. The maximum absolute atomic E-state index is 13.0. The average molecular weight is 246 g/mol. The number of rotatable bonds is 3. The third kappa shape index (κ3) is 2.68. The van der Waals surface area contributed by atoms with E-state index in [0.717, 1.165) is 5.56 Å². The number of halogens is 1. The van der Waals surface area contributed by atoms with Crippen LogP contribution in [-0.4, -0.2) is 5.11 Å². The van der Waals surface area contributed by atoms with Crippen molar-refractivity contribution in [1.82, 2.24) is 0 Å². The lowest BCUT2D eigenvalue weighted by Crippen LogP contribution is -1.96. The van der Waals surface area contributed by atoms with E-state index in [-0.39, 0.29) is 5.82 Å². The van der Waals surface area contributed by atoms with E-state index in [4.69, 9.17) is 4.74 Å². The third-order valence-corrected chi connectivity index (χ3v) is 2.73. The Hall–Kier alpha value is -1.87. The van der Waals surface area contributed by atoms with E-state index in [1.165, 1.54) is 12.1 Å². The molecule has 0 amide bonds. The minimum atomic E-state index is -0.609. The fourth-order valence-corrected chi connectivity index (χ4v) is 1.76. The molecule has 2 aromatic rings. The van der Waals surface area contributed by atoms with Gasteiger partial charge in [0.25, 0.3) is 0 Å². The molecule has 0 saturated carbocycles. The molecule has 0 aliphatic heterocycles. The topological polar surface area (TPSA) is 29.5 Å². The summed E-state index contributed by atoms with van der Waals surface area (Å²) < 4.78 is 18.7. The van der Waals surface area contributed by atoms with Gasteiger partial charge in [0, 0.05) is 5.56 Å². The van der Waals surface area contributed by atoms with Gasteiger partial charge in [-0.25, -0.2) is 4.39 Å². The van der Waals surface area contributed by atoms with Crippen molar-refractivity contribution in [3.05, 3.63) is 59.4 Å². The molecule has 0 aliphatic rings. The molecule has 2 rings (SSSR count). The van der Waals surface area contributed by atoms with Crippen molar-refractivity contribution in [2.45, 2.75) is 20.0 Å². The van der Waals surface area contributed by atoms with Crippen LogP contribution in [0.1, 0.15) is 24.2 Å². The van der Waals surface area contributed by atoms with E-state index in [1.807, 2.05) is 12.1 Å². The lowest BCUT2D eigenvalue weighted by molar-refractivity contribution is 0.195. The Morgan fingerprint density at radius 3 is 2.50 bits per heavy atom. The highest BCUT2D eigenvalue weighted by Gasteiger charge is 2.10. The van der Waals surface area contributed by atoms with Crippen molar-refractivity contribution in [3.8, 4) is 11.5 Å². The maximum Gasteiger partial charge on any atom is 0.133 e. The van der Waals surface area contributed by atoms with Gasteiger partial charge in [0.05, 0.1) is 6.10 Å². The fraction of sp³-hybridized carbons (Fsp3) is 0.200. The summed E-state index contributed by atoms with van der Waals surface area (Å²) in [6.45, 7) is 3.46. The number of aliphatic hydroxyl groups is 1. The SMILES string of the molecule is Cc1cc(F)ccc1Oc1ccccc1C(C)O. The number of para-hydroxylation sites is 1. The van der Waals surface area contributed by atoms with Crippen molar-refractivity contribution in [2.24, 2.45) is 0 Å². The van der Waals surface area contributed by atoms with E-state index >= 15 is 0 Å². The molecular weight excluding hydrogens is 231 g/mol. The summed E-state index contributed by atoms with van der Waals surface area (Å²) in [5.74, 6) is 0.885. The smallest absolute Gasteiger partial charge is 0.133 e. The molecule has 0 heterocycles. The second-order valence-corrected chi connectivity index (χ2v) is 4.23. The van der Waals surface area contributed by atoms with E-state index in [2.05, 4.69) is 0 Å². The molecule has 0 spiro atoms. The van der Waals surface area contributed by atoms with Gasteiger partial charge < -0.3 is 9.84 Å². The van der Waals surface area contributed by atoms with Crippen molar-refractivity contribution < 1.29 is 14.2 Å². The first-order valence-electron chi connectivity index (χ1n) is 5.79. The maximum atomic E-state index is 13.0. The highest BCUT2D eigenvalue weighted by atomic mass is 19.1. The summed E-state index contributed by atoms with van der Waals surface area (Å²) in [7, 11) is 0. The van der Waals surface area contributed by atoms with Crippen LogP contribution in [0.2, 0.25) is 0 Å². The zero-order chi connectivity index (χ0) is 13.1. The first-order valence-corrected chi connectivity index (χ1v) is 5.79. The average Bonchev–Trinajstić information content (AvgIpc) is 2.33. The van der Waals surface area contributed by atoms with Gasteiger partial charge in [0.1, 0.15) is 17.3 Å². The van der Waals surface area contributed by atoms with E-state index in [9.17, 15) is 9.50 Å². The van der Waals surface area contributed by atoms with Crippen LogP contribution >= 0.6 is 0 Å². The summed E-state index contributed by atoms with van der Waals surface area (Å²) >= 11 is 0. The van der Waals surface area contributed by atoms with Gasteiger partial charge in [0.2, 0.25) is 0 Å². The largest absolute Gasteiger partial charge is 0.457 e. The number of hydrogen-bond donors (Lipinski definition) is 1. The molecule has 0 radical (unpaired) electrons. The van der Waals surface area contributed by atoms with E-state index < -0.39 is 6.10 Å². The Labute approximate surface area is 106 Å². The third-order valence-electron chi connectivity index (χ3n) is 2.73. The highest BCUT2D eigenvalue weighted by Crippen LogP contribution is 2.31. The van der Waals surface area contributed by atoms with Crippen LogP contribution in [0.4, 0.5) is 4.39 Å². The van der Waals surface area contributed by atoms with Crippen molar-refractivity contribution in [3.63, 3.8) is 0 Å². The first kappa shape index (κ1) is 12.6. The fourth-order valence-electron chi connectivity index (χ4n) is 1.76. The molecule has 0 aromatic heterocycles. The Kier molecular flexibility index (Phi) is 3.63. The van der Waals surface area contributed by atoms with Crippen molar-refractivity contribution in [1.29, 1.82) is 0 Å². The first-order chi connectivity index (χ1) is 8.58. The number of aliphatic hydroxyl groups excluding tert-OH is 1. The van der Waals surface area contributed by atoms with Gasteiger partial charge in [-0.3, -0.25) is 0 Å². The number of aryl methyl sites for hydroxylation is 1. The summed E-state index contributed by atoms with van der Waals surface area (Å²) in [5, 5.41) is 9.66. The number of ether oxygens (including phenoxy) is 1. The summed E-state index contributed by atoms with van der Waals surface area (Å²) in [5.41, 5.74) is 1.43. The molecule has 2 nitrogen and oxygen atoms in total. The quantitative estimate of drug-likeness (QED) is 0.887. The van der Waals surface area contributed by atoms with Gasteiger partial charge in [-0.2, -0.15) is 0 Å². The molecule has 2 aromatic carbocycles. The molecule has 0 fully saturated rings. The lowest BCUT2D eigenvalue weighted by atomic mass is 10.1. The predicted molar refractivity (Wildman–Crippen MR) is 68.3 cm³/mol. The zero-order valence-corrected chi connectivity index (χ0v) is 10.4. The van der Waals surface area contributed by atoms with Gasteiger partial charge in [-0.15, -0.1) is 0 Å². The van der Waals surface area contributed by atoms with Crippen LogP contribution in [0.5, 0.6) is 11.5 Å². The van der Waals surface area contributed by atoms with Crippen LogP contribution in [0.25, 0.3) is 0 Å². The second kappa shape index (κ2) is 5.19. The molecule has 94 valence electrons. The van der Waals surface area contributed by atoms with E-state index in [0.29, 0.717) is 17.1 Å². The van der Waals surface area contributed by atoms with Crippen molar-refractivity contribution in [2.75, 3.05) is 0 Å². The molecule has 18 heavy (non-hydrogen) atoms. The summed E-state index contributed by atoms with van der Waals surface area (Å²) in [6.07, 6.45) is -0.609. The molecule has 0 bridgehead atoms. The van der Waals surface area contributed by atoms with Gasteiger partial charge in [0.15, 0.2) is 0 Å². The Morgan fingerprint density at radius 2 is 1.83 bits per heavy atom. The number of benzene rings is 2. The molecular formula is C15H15FO2. The normalized spacial score (nSPS) is 12.2. The lowest BCUT2D eigenvalue weighted by Gasteiger charge is -2.14. The van der Waals surface area contributed by atoms with Crippen LogP contribution in [0.15, 0.2) is 42.5 Å². The Bertz CT molecular complexity index is 550. The molecule has 1 unspecified atom stereocenters. The summed E-state index contributed by atoms with van der Waals surface area (Å²) in [4.78, 5) is 0. The monoisotopic (exact) mass is 246 g/mol. The van der Waals surface area contributed by atoms with Crippen LogP contribution in [0, 0.1) is 12.7 Å². The van der Waals surface area contributed by atoms with Crippen molar-refractivity contribution >= 4 is 0 Å². The van der Waals surface area contributed by atoms with Crippen LogP contribution < -0.4 is 4.74 Å². The molecule has 0 saturated heterocycles. The zero-order valence-electron chi connectivity index (χ0n) is 10.4.